The molecule has 6 heteroatoms. The molecule has 1 fully saturated rings. The molecule has 1 heterocycles. The number of amides is 1. The van der Waals surface area contributed by atoms with Crippen molar-refractivity contribution in [1.29, 1.82) is 0 Å². The maximum atomic E-state index is 12.2. The summed E-state index contributed by atoms with van der Waals surface area (Å²) in [5.74, 6) is 0.0885. The molecule has 3 N–H and O–H groups in total. The van der Waals surface area contributed by atoms with E-state index in [2.05, 4.69) is 4.90 Å². The second kappa shape index (κ2) is 8.98. The summed E-state index contributed by atoms with van der Waals surface area (Å²) in [6, 6.07) is 9.66. The number of hydrogen-bond donors (Lipinski definition) is 2. The van der Waals surface area contributed by atoms with Crippen molar-refractivity contribution >= 4 is 5.91 Å². The minimum atomic E-state index is -0.492. The van der Waals surface area contributed by atoms with Gasteiger partial charge in [-0.2, -0.15) is 0 Å². The van der Waals surface area contributed by atoms with Gasteiger partial charge in [0.2, 0.25) is 5.91 Å². The van der Waals surface area contributed by atoms with E-state index in [-0.39, 0.29) is 12.0 Å². The van der Waals surface area contributed by atoms with Gasteiger partial charge < -0.3 is 20.5 Å². The van der Waals surface area contributed by atoms with E-state index in [1.165, 1.54) is 0 Å². The molecular weight excluding hydrogens is 294 g/mol. The van der Waals surface area contributed by atoms with Gasteiger partial charge in [0.05, 0.1) is 18.6 Å². The number of nitrogens with two attached hydrogens (primary N) is 1. The molecule has 0 spiro atoms. The minimum Gasteiger partial charge on any atom is -0.387 e. The van der Waals surface area contributed by atoms with Crippen molar-refractivity contribution < 1.29 is 14.6 Å². The third-order valence-electron chi connectivity index (χ3n) is 4.34. The van der Waals surface area contributed by atoms with Gasteiger partial charge in [0.25, 0.3) is 0 Å². The second-order valence-electron chi connectivity index (χ2n) is 5.91. The summed E-state index contributed by atoms with van der Waals surface area (Å²) in [6.07, 6.45) is -0.367. The molecule has 128 valence electrons. The van der Waals surface area contributed by atoms with Crippen molar-refractivity contribution in [3.05, 3.63) is 35.9 Å². The number of ether oxygens (including phenoxy) is 1. The summed E-state index contributed by atoms with van der Waals surface area (Å²) in [4.78, 5) is 16.2. The van der Waals surface area contributed by atoms with Gasteiger partial charge in [0, 0.05) is 46.4 Å². The number of piperazine rings is 1. The van der Waals surface area contributed by atoms with E-state index < -0.39 is 6.10 Å². The van der Waals surface area contributed by atoms with Crippen LogP contribution in [0.25, 0.3) is 0 Å². The van der Waals surface area contributed by atoms with Crippen molar-refractivity contribution in [2.24, 2.45) is 5.73 Å². The van der Waals surface area contributed by atoms with Crippen LogP contribution in [0.4, 0.5) is 0 Å². The highest BCUT2D eigenvalue weighted by Crippen LogP contribution is 2.15. The zero-order chi connectivity index (χ0) is 16.7. The molecule has 2 rings (SSSR count). The van der Waals surface area contributed by atoms with E-state index in [0.29, 0.717) is 32.6 Å². The molecular formula is C17H27N3O3. The number of aliphatic hydroxyl groups excluding tert-OH is 1. The number of rotatable bonds is 7. The molecule has 0 radical (unpaired) electrons. The molecule has 1 aliphatic rings. The first-order chi connectivity index (χ1) is 11.1. The molecule has 0 aliphatic carbocycles. The van der Waals surface area contributed by atoms with Crippen LogP contribution in [0.2, 0.25) is 0 Å². The lowest BCUT2D eigenvalue weighted by Gasteiger charge is -2.36. The van der Waals surface area contributed by atoms with E-state index in [1.54, 1.807) is 7.11 Å². The van der Waals surface area contributed by atoms with Crippen LogP contribution in [0.15, 0.2) is 30.3 Å². The molecule has 1 aromatic rings. The Morgan fingerprint density at radius 1 is 1.26 bits per heavy atom. The smallest absolute Gasteiger partial charge is 0.225 e. The zero-order valence-corrected chi connectivity index (χ0v) is 13.7. The third-order valence-corrected chi connectivity index (χ3v) is 4.34. The fourth-order valence-electron chi connectivity index (χ4n) is 2.79. The number of β-amino-alcohol motifs (C(OH)–C–C–N with tert-alkyl or cyclic N) is 1. The van der Waals surface area contributed by atoms with E-state index >= 15 is 0 Å². The summed E-state index contributed by atoms with van der Waals surface area (Å²) in [6.45, 7) is 3.86. The number of benzene rings is 1. The predicted octanol–water partition coefficient (Wildman–Crippen LogP) is 0.228. The standard InChI is InChI=1S/C17H27N3O3/c1-23-15(12-18)11-17(22)20-9-7-19(8-10-20)13-16(21)14-5-3-2-4-6-14/h2-6,15-16,21H,7-13,18H2,1H3. The second-order valence-corrected chi connectivity index (χ2v) is 5.91. The van der Waals surface area contributed by atoms with Crippen LogP contribution in [0.1, 0.15) is 18.1 Å². The number of methoxy groups -OCH3 is 1. The summed E-state index contributed by atoms with van der Waals surface area (Å²) >= 11 is 0. The van der Waals surface area contributed by atoms with Gasteiger partial charge in [-0.15, -0.1) is 0 Å². The van der Waals surface area contributed by atoms with Crippen LogP contribution < -0.4 is 5.73 Å². The zero-order valence-electron chi connectivity index (χ0n) is 13.7. The van der Waals surface area contributed by atoms with Crippen LogP contribution >= 0.6 is 0 Å². The van der Waals surface area contributed by atoms with Crippen LogP contribution in [0, 0.1) is 0 Å². The Hall–Kier alpha value is -1.47. The Bertz CT molecular complexity index is 471. The van der Waals surface area contributed by atoms with Crippen molar-refractivity contribution in [1.82, 2.24) is 9.80 Å². The predicted molar refractivity (Wildman–Crippen MR) is 88.9 cm³/mol. The number of hydrogen-bond acceptors (Lipinski definition) is 5. The first-order valence-electron chi connectivity index (χ1n) is 8.10. The molecule has 0 saturated carbocycles. The lowest BCUT2D eigenvalue weighted by Crippen LogP contribution is -2.50. The van der Waals surface area contributed by atoms with Gasteiger partial charge in [-0.05, 0) is 5.56 Å². The Morgan fingerprint density at radius 2 is 1.91 bits per heavy atom. The van der Waals surface area contributed by atoms with E-state index in [1.807, 2.05) is 35.2 Å². The molecule has 6 nitrogen and oxygen atoms in total. The Labute approximate surface area is 137 Å². The fourth-order valence-corrected chi connectivity index (χ4v) is 2.79. The largest absolute Gasteiger partial charge is 0.387 e. The van der Waals surface area contributed by atoms with Crippen LogP contribution in [-0.4, -0.2) is 73.3 Å². The molecule has 0 bridgehead atoms. The average molecular weight is 321 g/mol. The molecule has 1 saturated heterocycles. The SMILES string of the molecule is COC(CN)CC(=O)N1CCN(CC(O)c2ccccc2)CC1. The normalized spacial score (nSPS) is 18.7. The summed E-state index contributed by atoms with van der Waals surface area (Å²) < 4.78 is 5.17. The molecule has 2 unspecified atom stereocenters. The number of nitrogens with zero attached hydrogens (tertiary/aromatic N) is 2. The monoisotopic (exact) mass is 321 g/mol. The Balaban J connectivity index is 1.76. The van der Waals surface area contributed by atoms with Gasteiger partial charge >= 0.3 is 0 Å². The molecule has 1 aromatic carbocycles. The number of carbonyl (C=O) groups is 1. The van der Waals surface area contributed by atoms with Gasteiger partial charge in [0.1, 0.15) is 0 Å². The maximum Gasteiger partial charge on any atom is 0.225 e. The van der Waals surface area contributed by atoms with Crippen LogP contribution in [0.5, 0.6) is 0 Å². The first-order valence-corrected chi connectivity index (χ1v) is 8.10. The Kier molecular flexibility index (Phi) is 6.98. The molecule has 23 heavy (non-hydrogen) atoms. The molecule has 2 atom stereocenters. The van der Waals surface area contributed by atoms with Gasteiger partial charge in [0.15, 0.2) is 0 Å². The van der Waals surface area contributed by atoms with E-state index in [9.17, 15) is 9.90 Å². The van der Waals surface area contributed by atoms with Crippen molar-refractivity contribution in [2.75, 3.05) is 46.4 Å². The molecule has 0 aromatic heterocycles. The highest BCUT2D eigenvalue weighted by molar-refractivity contribution is 5.76. The van der Waals surface area contributed by atoms with Gasteiger partial charge in [-0.25, -0.2) is 0 Å². The highest BCUT2D eigenvalue weighted by atomic mass is 16.5. The van der Waals surface area contributed by atoms with E-state index in [0.717, 1.165) is 18.7 Å². The average Bonchev–Trinajstić information content (AvgIpc) is 2.60. The van der Waals surface area contributed by atoms with Crippen molar-refractivity contribution in [3.8, 4) is 0 Å². The van der Waals surface area contributed by atoms with Crippen LogP contribution in [0.3, 0.4) is 0 Å². The molecule has 1 aliphatic heterocycles. The van der Waals surface area contributed by atoms with E-state index in [4.69, 9.17) is 10.5 Å². The summed E-state index contributed by atoms with van der Waals surface area (Å²) in [7, 11) is 1.58. The van der Waals surface area contributed by atoms with Crippen LogP contribution in [-0.2, 0) is 9.53 Å². The fraction of sp³-hybridized carbons (Fsp3) is 0.588. The summed E-state index contributed by atoms with van der Waals surface area (Å²) in [5.41, 5.74) is 6.49. The molecule has 1 amide bonds. The topological polar surface area (TPSA) is 79.0 Å². The lowest BCUT2D eigenvalue weighted by atomic mass is 10.1. The summed E-state index contributed by atoms with van der Waals surface area (Å²) in [5, 5.41) is 10.3. The third kappa shape index (κ3) is 5.28. The van der Waals surface area contributed by atoms with Crippen molar-refractivity contribution in [2.45, 2.75) is 18.6 Å². The highest BCUT2D eigenvalue weighted by Gasteiger charge is 2.24. The maximum absolute atomic E-state index is 12.2. The van der Waals surface area contributed by atoms with Gasteiger partial charge in [-0.1, -0.05) is 30.3 Å². The first kappa shape index (κ1) is 17.9. The quantitative estimate of drug-likeness (QED) is 0.751. The van der Waals surface area contributed by atoms with Crippen molar-refractivity contribution in [3.63, 3.8) is 0 Å². The lowest BCUT2D eigenvalue weighted by molar-refractivity contribution is -0.135. The van der Waals surface area contributed by atoms with Gasteiger partial charge in [-0.3, -0.25) is 9.69 Å². The Morgan fingerprint density at radius 3 is 2.48 bits per heavy atom. The number of aliphatic hydroxyl groups is 1. The minimum absolute atomic E-state index is 0.0885. The number of carbonyl (C=O) groups excluding carboxylic acids is 1.